The first-order chi connectivity index (χ1) is 7.26. The summed E-state index contributed by atoms with van der Waals surface area (Å²) in [5.74, 6) is -0.817. The van der Waals surface area contributed by atoms with E-state index in [1.165, 1.54) is 0 Å². The molecule has 1 fully saturated rings. The lowest BCUT2D eigenvalue weighted by Crippen LogP contribution is -2.12. The van der Waals surface area contributed by atoms with Gasteiger partial charge in [0.25, 0.3) is 0 Å². The maximum Gasteiger partial charge on any atom is 0.397 e. The fourth-order valence-corrected chi connectivity index (χ4v) is 1.31. The molecule has 0 spiro atoms. The molecule has 1 aliphatic carbocycles. The summed E-state index contributed by atoms with van der Waals surface area (Å²) >= 11 is 0. The minimum Gasteiger partial charge on any atom is -0.459 e. The number of hydrogen-bond acceptors (Lipinski definition) is 5. The van der Waals surface area contributed by atoms with Crippen LogP contribution in [0.25, 0.3) is 0 Å². The number of nitrogens with zero attached hydrogens (tertiary/aromatic N) is 2. The van der Waals surface area contributed by atoms with Crippen LogP contribution >= 0.6 is 0 Å². The van der Waals surface area contributed by atoms with Gasteiger partial charge in [-0.05, 0) is 19.3 Å². The van der Waals surface area contributed by atoms with Crippen molar-refractivity contribution in [3.05, 3.63) is 12.2 Å². The molecular formula is C9H11FN2O3. The summed E-state index contributed by atoms with van der Waals surface area (Å²) in [5, 5.41) is 3.28. The van der Waals surface area contributed by atoms with Crippen molar-refractivity contribution < 1.29 is 18.4 Å². The highest BCUT2D eigenvalue weighted by Gasteiger charge is 2.42. The Morgan fingerprint density at radius 3 is 3.00 bits per heavy atom. The molecule has 1 aliphatic rings. The van der Waals surface area contributed by atoms with Crippen LogP contribution in [-0.2, 0) is 4.74 Å². The Hall–Kier alpha value is -1.46. The summed E-state index contributed by atoms with van der Waals surface area (Å²) in [5.41, 5.74) is -0.227. The Balaban J connectivity index is 1.72. The van der Waals surface area contributed by atoms with Gasteiger partial charge in [0.05, 0.1) is 13.3 Å². The molecule has 1 aromatic heterocycles. The number of esters is 1. The van der Waals surface area contributed by atoms with Crippen molar-refractivity contribution in [3.63, 3.8) is 0 Å². The van der Waals surface area contributed by atoms with E-state index in [-0.39, 0.29) is 24.6 Å². The Labute approximate surface area is 85.6 Å². The molecule has 0 saturated heterocycles. The zero-order valence-electron chi connectivity index (χ0n) is 8.11. The second-order valence-corrected chi connectivity index (χ2v) is 3.77. The Bertz CT molecular complexity index is 335. The van der Waals surface area contributed by atoms with E-state index in [0.29, 0.717) is 6.42 Å². The monoisotopic (exact) mass is 214 g/mol. The maximum atomic E-state index is 12.4. The van der Waals surface area contributed by atoms with Gasteiger partial charge in [-0.15, -0.1) is 0 Å². The first kappa shape index (κ1) is 10.1. The normalized spacial score (nSPS) is 17.4. The molecule has 0 aliphatic heterocycles. The van der Waals surface area contributed by atoms with E-state index in [1.54, 1.807) is 0 Å². The predicted octanol–water partition coefficient (Wildman–Crippen LogP) is 1.37. The molecule has 0 atom stereocenters. The first-order valence-electron chi connectivity index (χ1n) is 4.76. The van der Waals surface area contributed by atoms with Crippen LogP contribution in [0.3, 0.4) is 0 Å². The summed E-state index contributed by atoms with van der Waals surface area (Å²) < 4.78 is 21.8. The third-order valence-corrected chi connectivity index (χ3v) is 2.64. The van der Waals surface area contributed by atoms with E-state index in [2.05, 4.69) is 14.7 Å². The van der Waals surface area contributed by atoms with Gasteiger partial charge in [0.15, 0.2) is 6.33 Å². The Morgan fingerprint density at radius 2 is 2.47 bits per heavy atom. The number of ether oxygens (including phenoxy) is 1. The number of halogens is 1. The summed E-state index contributed by atoms with van der Waals surface area (Å²) in [6.45, 7) is -0.143. The lowest BCUT2D eigenvalue weighted by atomic mass is 10.1. The van der Waals surface area contributed by atoms with Crippen LogP contribution < -0.4 is 0 Å². The summed E-state index contributed by atoms with van der Waals surface area (Å²) in [6, 6.07) is 0. The third-order valence-electron chi connectivity index (χ3n) is 2.64. The van der Waals surface area contributed by atoms with Crippen molar-refractivity contribution in [2.24, 2.45) is 5.41 Å². The highest BCUT2D eigenvalue weighted by Crippen LogP contribution is 2.48. The van der Waals surface area contributed by atoms with Gasteiger partial charge in [0.2, 0.25) is 0 Å². The van der Waals surface area contributed by atoms with Crippen molar-refractivity contribution in [2.75, 3.05) is 13.3 Å². The number of carbonyl (C=O) groups is 1. The third kappa shape index (κ3) is 2.31. The maximum absolute atomic E-state index is 12.4. The minimum absolute atomic E-state index is 0.167. The Kier molecular flexibility index (Phi) is 2.66. The molecule has 1 heterocycles. The molecule has 6 heteroatoms. The average Bonchev–Trinajstić information content (AvgIpc) is 2.81. The van der Waals surface area contributed by atoms with Gasteiger partial charge in [-0.3, -0.25) is 4.39 Å². The molecule has 0 N–H and O–H groups in total. The van der Waals surface area contributed by atoms with Crippen LogP contribution in [0.2, 0.25) is 0 Å². The molecule has 0 unspecified atom stereocenters. The summed E-state index contributed by atoms with van der Waals surface area (Å²) in [7, 11) is 0. The molecule has 2 rings (SSSR count). The SMILES string of the molecule is O=C(OCCC1(CF)CC1)c1ncno1. The average molecular weight is 214 g/mol. The van der Waals surface area contributed by atoms with Gasteiger partial charge in [-0.1, -0.05) is 5.16 Å². The van der Waals surface area contributed by atoms with Crippen LogP contribution in [0, 0.1) is 5.41 Å². The van der Waals surface area contributed by atoms with Crippen LogP contribution in [0.1, 0.15) is 29.9 Å². The van der Waals surface area contributed by atoms with E-state index in [9.17, 15) is 9.18 Å². The van der Waals surface area contributed by atoms with Crippen LogP contribution in [0.5, 0.6) is 0 Å². The van der Waals surface area contributed by atoms with E-state index >= 15 is 0 Å². The van der Waals surface area contributed by atoms with E-state index in [0.717, 1.165) is 19.2 Å². The van der Waals surface area contributed by atoms with Crippen molar-refractivity contribution in [3.8, 4) is 0 Å². The molecule has 1 saturated carbocycles. The second-order valence-electron chi connectivity index (χ2n) is 3.77. The molecule has 1 aromatic rings. The fourth-order valence-electron chi connectivity index (χ4n) is 1.31. The lowest BCUT2D eigenvalue weighted by molar-refractivity contribution is 0.0415. The first-order valence-corrected chi connectivity index (χ1v) is 4.76. The highest BCUT2D eigenvalue weighted by molar-refractivity contribution is 5.83. The van der Waals surface area contributed by atoms with Crippen LogP contribution in [0.15, 0.2) is 10.9 Å². The van der Waals surface area contributed by atoms with Crippen LogP contribution in [-0.4, -0.2) is 29.4 Å². The zero-order chi connectivity index (χ0) is 10.7. The number of carbonyl (C=O) groups excluding carboxylic acids is 1. The van der Waals surface area contributed by atoms with Gasteiger partial charge >= 0.3 is 11.9 Å². The molecule has 5 nitrogen and oxygen atoms in total. The number of alkyl halides is 1. The van der Waals surface area contributed by atoms with Gasteiger partial charge < -0.3 is 9.26 Å². The molecule has 0 radical (unpaired) electrons. The smallest absolute Gasteiger partial charge is 0.397 e. The largest absolute Gasteiger partial charge is 0.459 e. The van der Waals surface area contributed by atoms with Crippen molar-refractivity contribution in [2.45, 2.75) is 19.3 Å². The quantitative estimate of drug-likeness (QED) is 0.692. The Morgan fingerprint density at radius 1 is 1.67 bits per heavy atom. The second kappa shape index (κ2) is 3.96. The summed E-state index contributed by atoms with van der Waals surface area (Å²) in [4.78, 5) is 14.7. The summed E-state index contributed by atoms with van der Waals surface area (Å²) in [6.07, 6.45) is 3.44. The van der Waals surface area contributed by atoms with Crippen molar-refractivity contribution in [1.29, 1.82) is 0 Å². The van der Waals surface area contributed by atoms with Gasteiger partial charge in [-0.2, -0.15) is 4.98 Å². The number of hydrogen-bond donors (Lipinski definition) is 0. The standard InChI is InChI=1S/C9H11FN2O3/c10-5-9(1-2-9)3-4-14-8(13)7-11-6-12-15-7/h6H,1-5H2. The number of rotatable bonds is 5. The molecule has 0 amide bonds. The van der Waals surface area contributed by atoms with Gasteiger partial charge in [0.1, 0.15) is 0 Å². The molecule has 0 aromatic carbocycles. The molecule has 82 valence electrons. The van der Waals surface area contributed by atoms with Crippen molar-refractivity contribution in [1.82, 2.24) is 10.1 Å². The topological polar surface area (TPSA) is 65.2 Å². The lowest BCUT2D eigenvalue weighted by Gasteiger charge is -2.08. The fraction of sp³-hybridized carbons (Fsp3) is 0.667. The highest BCUT2D eigenvalue weighted by atomic mass is 19.1. The van der Waals surface area contributed by atoms with E-state index in [1.807, 2.05) is 0 Å². The predicted molar refractivity (Wildman–Crippen MR) is 46.8 cm³/mol. The van der Waals surface area contributed by atoms with E-state index < -0.39 is 5.97 Å². The van der Waals surface area contributed by atoms with Crippen LogP contribution in [0.4, 0.5) is 4.39 Å². The molecular weight excluding hydrogens is 203 g/mol. The number of aromatic nitrogens is 2. The molecule has 0 bridgehead atoms. The van der Waals surface area contributed by atoms with E-state index in [4.69, 9.17) is 4.74 Å². The molecule has 15 heavy (non-hydrogen) atoms. The van der Waals surface area contributed by atoms with Gasteiger partial charge in [0, 0.05) is 5.41 Å². The van der Waals surface area contributed by atoms with Crippen molar-refractivity contribution >= 4 is 5.97 Å². The minimum atomic E-state index is -0.651. The zero-order valence-corrected chi connectivity index (χ0v) is 8.11. The van der Waals surface area contributed by atoms with Gasteiger partial charge in [-0.25, -0.2) is 4.79 Å².